The molecule has 0 aliphatic heterocycles. The van der Waals surface area contributed by atoms with Gasteiger partial charge in [0.1, 0.15) is 11.2 Å². The molecule has 0 radical (unpaired) electrons. The number of rotatable bonds is 3. The molecule has 0 amide bonds. The van der Waals surface area contributed by atoms with E-state index in [0.717, 1.165) is 12.1 Å². The Morgan fingerprint density at radius 3 is 2.62 bits per heavy atom. The zero-order valence-corrected chi connectivity index (χ0v) is 13.1. The number of hydrogen-bond acceptors (Lipinski definition) is 5. The number of nitrogens with zero attached hydrogens (tertiary/aromatic N) is 2. The van der Waals surface area contributed by atoms with Crippen LogP contribution in [0.5, 0.6) is 0 Å². The minimum atomic E-state index is -4.51. The van der Waals surface area contributed by atoms with Crippen molar-refractivity contribution < 1.29 is 26.0 Å². The predicted molar refractivity (Wildman–Crippen MR) is 80.0 cm³/mol. The standard InChI is InChI=1S/C15H11F3N2O3S/c1-2-24(21,22)12-4-3-7-19-13(12)14-20-10-6-5-9(15(16,17)18)8-11(10)23-14/h3-8H,2H2,1H3. The summed E-state index contributed by atoms with van der Waals surface area (Å²) in [5.74, 6) is -0.290. The van der Waals surface area contributed by atoms with Crippen molar-refractivity contribution in [2.45, 2.75) is 18.0 Å². The van der Waals surface area contributed by atoms with E-state index in [4.69, 9.17) is 4.42 Å². The summed E-state index contributed by atoms with van der Waals surface area (Å²) in [6.07, 6.45) is -3.15. The van der Waals surface area contributed by atoms with Crippen LogP contribution < -0.4 is 0 Å². The number of pyridine rings is 1. The van der Waals surface area contributed by atoms with Gasteiger partial charge in [-0.1, -0.05) is 6.92 Å². The number of benzene rings is 1. The monoisotopic (exact) mass is 356 g/mol. The molecule has 0 atom stereocenters. The van der Waals surface area contributed by atoms with E-state index < -0.39 is 21.6 Å². The molecule has 5 nitrogen and oxygen atoms in total. The summed E-state index contributed by atoms with van der Waals surface area (Å²) >= 11 is 0. The maximum Gasteiger partial charge on any atom is 0.416 e. The smallest absolute Gasteiger partial charge is 0.416 e. The highest BCUT2D eigenvalue weighted by Gasteiger charge is 2.31. The van der Waals surface area contributed by atoms with Crippen LogP contribution in [0.15, 0.2) is 45.8 Å². The van der Waals surface area contributed by atoms with Crippen molar-refractivity contribution in [2.75, 3.05) is 5.75 Å². The molecule has 2 aromatic heterocycles. The maximum atomic E-state index is 12.8. The Bertz CT molecular complexity index is 1010. The molecule has 0 N–H and O–H groups in total. The Morgan fingerprint density at radius 1 is 1.21 bits per heavy atom. The average Bonchev–Trinajstić information content (AvgIpc) is 2.97. The second-order valence-corrected chi connectivity index (χ2v) is 7.20. The van der Waals surface area contributed by atoms with Crippen molar-refractivity contribution in [1.29, 1.82) is 0 Å². The normalized spacial score (nSPS) is 12.7. The lowest BCUT2D eigenvalue weighted by Crippen LogP contribution is -2.06. The van der Waals surface area contributed by atoms with E-state index in [1.165, 1.54) is 31.3 Å². The first kappa shape index (κ1) is 16.4. The van der Waals surface area contributed by atoms with E-state index in [0.29, 0.717) is 0 Å². The molecule has 0 saturated carbocycles. The van der Waals surface area contributed by atoms with Gasteiger partial charge >= 0.3 is 6.18 Å². The summed E-state index contributed by atoms with van der Waals surface area (Å²) in [7, 11) is -3.59. The Balaban J connectivity index is 2.18. The minimum Gasteiger partial charge on any atom is -0.435 e. The van der Waals surface area contributed by atoms with Crippen molar-refractivity contribution in [2.24, 2.45) is 0 Å². The number of fused-ring (bicyclic) bond motifs is 1. The lowest BCUT2D eigenvalue weighted by atomic mass is 10.2. The first-order valence-corrected chi connectivity index (χ1v) is 8.53. The average molecular weight is 356 g/mol. The Kier molecular flexibility index (Phi) is 3.83. The van der Waals surface area contributed by atoms with Gasteiger partial charge in [0, 0.05) is 6.20 Å². The van der Waals surface area contributed by atoms with E-state index in [1.54, 1.807) is 0 Å². The fraction of sp³-hybridized carbons (Fsp3) is 0.200. The predicted octanol–water partition coefficient (Wildman–Crippen LogP) is 3.70. The van der Waals surface area contributed by atoms with Crippen LogP contribution in [-0.2, 0) is 16.0 Å². The van der Waals surface area contributed by atoms with E-state index >= 15 is 0 Å². The third-order valence-corrected chi connectivity index (χ3v) is 5.16. The molecule has 0 bridgehead atoms. The van der Waals surface area contributed by atoms with E-state index in [9.17, 15) is 21.6 Å². The van der Waals surface area contributed by atoms with Crippen molar-refractivity contribution in [3.63, 3.8) is 0 Å². The Morgan fingerprint density at radius 2 is 1.96 bits per heavy atom. The van der Waals surface area contributed by atoms with Crippen molar-refractivity contribution in [3.8, 4) is 11.6 Å². The molecule has 0 saturated heterocycles. The highest BCUT2D eigenvalue weighted by atomic mass is 32.2. The first-order valence-electron chi connectivity index (χ1n) is 6.88. The first-order chi connectivity index (χ1) is 11.2. The molecule has 0 spiro atoms. The maximum absolute atomic E-state index is 12.8. The third kappa shape index (κ3) is 2.86. The van der Waals surface area contributed by atoms with Crippen molar-refractivity contribution in [3.05, 3.63) is 42.1 Å². The molecule has 24 heavy (non-hydrogen) atoms. The van der Waals surface area contributed by atoms with Crippen LogP contribution >= 0.6 is 0 Å². The number of sulfone groups is 1. The zero-order valence-electron chi connectivity index (χ0n) is 12.3. The van der Waals surface area contributed by atoms with Gasteiger partial charge in [0.25, 0.3) is 0 Å². The van der Waals surface area contributed by atoms with Crippen LogP contribution in [0.4, 0.5) is 13.2 Å². The van der Waals surface area contributed by atoms with Crippen LogP contribution in [0.3, 0.4) is 0 Å². The van der Waals surface area contributed by atoms with Gasteiger partial charge in [0.15, 0.2) is 15.4 Å². The highest BCUT2D eigenvalue weighted by molar-refractivity contribution is 7.91. The fourth-order valence-electron chi connectivity index (χ4n) is 2.16. The minimum absolute atomic E-state index is 0.0240. The zero-order chi connectivity index (χ0) is 17.5. The van der Waals surface area contributed by atoms with Crippen LogP contribution in [0.25, 0.3) is 22.7 Å². The Hall–Kier alpha value is -2.42. The number of aromatic nitrogens is 2. The van der Waals surface area contributed by atoms with Gasteiger partial charge in [-0.15, -0.1) is 0 Å². The van der Waals surface area contributed by atoms with E-state index in [1.807, 2.05) is 0 Å². The fourth-order valence-corrected chi connectivity index (χ4v) is 3.19. The molecular formula is C15H11F3N2O3S. The van der Waals surface area contributed by atoms with Gasteiger partial charge in [-0.2, -0.15) is 13.2 Å². The summed E-state index contributed by atoms with van der Waals surface area (Å²) in [5.41, 5.74) is -0.807. The van der Waals surface area contributed by atoms with Crippen LogP contribution in [0, 0.1) is 0 Å². The summed E-state index contributed by atoms with van der Waals surface area (Å²) in [5, 5.41) is 0. The Labute approximate surface area is 135 Å². The quantitative estimate of drug-likeness (QED) is 0.715. The molecule has 0 aliphatic carbocycles. The number of alkyl halides is 3. The van der Waals surface area contributed by atoms with Gasteiger partial charge < -0.3 is 4.42 Å². The van der Waals surface area contributed by atoms with Crippen molar-refractivity contribution >= 4 is 20.9 Å². The number of halogens is 3. The van der Waals surface area contributed by atoms with Crippen LogP contribution in [0.2, 0.25) is 0 Å². The molecule has 9 heteroatoms. The van der Waals surface area contributed by atoms with Crippen molar-refractivity contribution in [1.82, 2.24) is 9.97 Å². The molecule has 126 valence electrons. The molecule has 1 aromatic carbocycles. The summed E-state index contributed by atoms with van der Waals surface area (Å²) in [4.78, 5) is 7.95. The topological polar surface area (TPSA) is 73.1 Å². The van der Waals surface area contributed by atoms with Gasteiger partial charge in [0.2, 0.25) is 5.89 Å². The molecule has 0 unspecified atom stereocenters. The molecule has 0 fully saturated rings. The molecule has 3 aromatic rings. The second kappa shape index (κ2) is 5.59. The SMILES string of the molecule is CCS(=O)(=O)c1cccnc1-c1nc2ccc(C(F)(F)F)cc2o1. The number of hydrogen-bond donors (Lipinski definition) is 0. The highest BCUT2D eigenvalue weighted by Crippen LogP contribution is 2.33. The summed E-state index contributed by atoms with van der Waals surface area (Å²) in [6, 6.07) is 5.69. The van der Waals surface area contributed by atoms with Gasteiger partial charge in [-0.25, -0.2) is 18.4 Å². The number of oxazole rings is 1. The van der Waals surface area contributed by atoms with E-state index in [2.05, 4.69) is 9.97 Å². The summed E-state index contributed by atoms with van der Waals surface area (Å²) < 4.78 is 67.9. The lowest BCUT2D eigenvalue weighted by Gasteiger charge is -2.05. The largest absolute Gasteiger partial charge is 0.435 e. The van der Waals surface area contributed by atoms with Gasteiger partial charge in [-0.3, -0.25) is 0 Å². The molecular weight excluding hydrogens is 345 g/mol. The summed E-state index contributed by atoms with van der Waals surface area (Å²) in [6.45, 7) is 1.48. The van der Waals surface area contributed by atoms with Crippen LogP contribution in [0.1, 0.15) is 12.5 Å². The molecule has 3 rings (SSSR count). The van der Waals surface area contributed by atoms with Gasteiger partial charge in [-0.05, 0) is 30.3 Å². The lowest BCUT2D eigenvalue weighted by molar-refractivity contribution is -0.137. The third-order valence-electron chi connectivity index (χ3n) is 3.40. The van der Waals surface area contributed by atoms with Gasteiger partial charge in [0.05, 0.1) is 16.2 Å². The van der Waals surface area contributed by atoms with E-state index in [-0.39, 0.29) is 33.3 Å². The molecule has 2 heterocycles. The second-order valence-electron chi connectivity index (χ2n) is 4.95. The van der Waals surface area contributed by atoms with Crippen LogP contribution in [-0.4, -0.2) is 24.1 Å². The molecule has 0 aliphatic rings.